The van der Waals surface area contributed by atoms with E-state index in [2.05, 4.69) is 36.4 Å². The first-order chi connectivity index (χ1) is 13.4. The molecule has 0 unspecified atom stereocenters. The second kappa shape index (κ2) is 7.44. The summed E-state index contributed by atoms with van der Waals surface area (Å²) in [6.07, 6.45) is 3.59. The van der Waals surface area contributed by atoms with E-state index >= 15 is 0 Å². The molecule has 1 aliphatic rings. The maximum atomic E-state index is 12.1. The Morgan fingerprint density at radius 3 is 2.43 bits per heavy atom. The van der Waals surface area contributed by atoms with E-state index < -0.39 is 5.60 Å². The first-order valence-electron chi connectivity index (χ1n) is 10.0. The van der Waals surface area contributed by atoms with Gasteiger partial charge in [-0.2, -0.15) is 0 Å². The molecule has 0 radical (unpaired) electrons. The second-order valence-electron chi connectivity index (χ2n) is 8.25. The van der Waals surface area contributed by atoms with Crippen LogP contribution in [0.15, 0.2) is 59.2 Å². The molecule has 4 rings (SSSR count). The molecule has 2 heterocycles. The van der Waals surface area contributed by atoms with Crippen LogP contribution in [0.3, 0.4) is 0 Å². The highest BCUT2D eigenvalue weighted by atomic mass is 16.3. The number of fused-ring (bicyclic) bond motifs is 1. The van der Waals surface area contributed by atoms with Crippen LogP contribution in [0.1, 0.15) is 32.3 Å². The third-order valence-electron chi connectivity index (χ3n) is 5.77. The number of aliphatic hydroxyl groups is 1. The summed E-state index contributed by atoms with van der Waals surface area (Å²) >= 11 is 0. The molecule has 28 heavy (non-hydrogen) atoms. The van der Waals surface area contributed by atoms with Gasteiger partial charge in [-0.1, -0.05) is 44.2 Å². The molecule has 1 aromatic heterocycles. The van der Waals surface area contributed by atoms with Crippen molar-refractivity contribution in [3.8, 4) is 11.1 Å². The van der Waals surface area contributed by atoms with Gasteiger partial charge in [0.25, 0.3) is 0 Å². The number of hydrogen-bond acceptors (Lipinski definition) is 3. The van der Waals surface area contributed by atoms with E-state index in [1.807, 2.05) is 30.9 Å². The lowest BCUT2D eigenvalue weighted by Gasteiger charge is -2.39. The van der Waals surface area contributed by atoms with E-state index in [9.17, 15) is 9.90 Å². The van der Waals surface area contributed by atoms with Gasteiger partial charge in [0, 0.05) is 30.8 Å². The summed E-state index contributed by atoms with van der Waals surface area (Å²) in [6, 6.07) is 16.6. The number of piperidine rings is 1. The van der Waals surface area contributed by atoms with Crippen LogP contribution in [0.4, 0.5) is 0 Å². The minimum atomic E-state index is -0.731. The van der Waals surface area contributed by atoms with Gasteiger partial charge < -0.3 is 14.4 Å². The zero-order valence-corrected chi connectivity index (χ0v) is 16.5. The van der Waals surface area contributed by atoms with Gasteiger partial charge in [-0.05, 0) is 47.7 Å². The Morgan fingerprint density at radius 2 is 1.75 bits per heavy atom. The summed E-state index contributed by atoms with van der Waals surface area (Å²) in [5, 5.41) is 12.1. The van der Waals surface area contributed by atoms with Gasteiger partial charge >= 0.3 is 0 Å². The van der Waals surface area contributed by atoms with Crippen molar-refractivity contribution in [2.45, 2.75) is 38.7 Å². The number of hydrogen-bond donors (Lipinski definition) is 1. The van der Waals surface area contributed by atoms with Crippen molar-refractivity contribution >= 4 is 16.9 Å². The molecule has 0 aliphatic carbocycles. The lowest BCUT2D eigenvalue weighted by Crippen LogP contribution is -2.48. The Bertz CT molecular complexity index is 963. The molecule has 2 aromatic carbocycles. The molecular weight excluding hydrogens is 350 g/mol. The van der Waals surface area contributed by atoms with Gasteiger partial charge in [-0.3, -0.25) is 4.79 Å². The fourth-order valence-electron chi connectivity index (χ4n) is 4.03. The average Bonchev–Trinajstić information content (AvgIpc) is 3.16. The van der Waals surface area contributed by atoms with Crippen molar-refractivity contribution in [3.63, 3.8) is 0 Å². The minimum Gasteiger partial charge on any atom is -0.464 e. The third kappa shape index (κ3) is 3.83. The summed E-state index contributed by atoms with van der Waals surface area (Å²) in [4.78, 5) is 14.0. The number of amides is 1. The molecule has 0 atom stereocenters. The lowest BCUT2D eigenvalue weighted by atomic mass is 9.84. The molecular formula is C24H27NO3. The Kier molecular flexibility index (Phi) is 4.98. The zero-order valence-electron chi connectivity index (χ0n) is 16.5. The largest absolute Gasteiger partial charge is 0.464 e. The average molecular weight is 377 g/mol. The highest BCUT2D eigenvalue weighted by Gasteiger charge is 2.34. The van der Waals surface area contributed by atoms with Crippen molar-refractivity contribution in [1.29, 1.82) is 0 Å². The molecule has 0 bridgehead atoms. The van der Waals surface area contributed by atoms with Crippen LogP contribution in [0.5, 0.6) is 0 Å². The van der Waals surface area contributed by atoms with Crippen LogP contribution in [-0.2, 0) is 11.2 Å². The predicted molar refractivity (Wildman–Crippen MR) is 111 cm³/mol. The summed E-state index contributed by atoms with van der Waals surface area (Å²) in [7, 11) is 0. The molecule has 1 N–H and O–H groups in total. The molecule has 0 spiro atoms. The second-order valence-corrected chi connectivity index (χ2v) is 8.25. The number of benzene rings is 2. The highest BCUT2D eigenvalue weighted by molar-refractivity contribution is 5.83. The van der Waals surface area contributed by atoms with Crippen LogP contribution in [0, 0.1) is 5.92 Å². The summed E-state index contributed by atoms with van der Waals surface area (Å²) in [6.45, 7) is 5.12. The summed E-state index contributed by atoms with van der Waals surface area (Å²) in [5.74, 6) is 0.195. The van der Waals surface area contributed by atoms with E-state index in [-0.39, 0.29) is 11.8 Å². The van der Waals surface area contributed by atoms with E-state index in [4.69, 9.17) is 4.42 Å². The van der Waals surface area contributed by atoms with Gasteiger partial charge in [-0.25, -0.2) is 0 Å². The molecule has 0 saturated carbocycles. The number of carbonyl (C=O) groups is 1. The molecule has 4 nitrogen and oxygen atoms in total. The number of likely N-dealkylation sites (tertiary alicyclic amines) is 1. The van der Waals surface area contributed by atoms with Gasteiger partial charge in [0.2, 0.25) is 5.91 Å². The van der Waals surface area contributed by atoms with E-state index in [0.717, 1.165) is 27.7 Å². The quantitative estimate of drug-likeness (QED) is 0.720. The van der Waals surface area contributed by atoms with Crippen molar-refractivity contribution in [2.24, 2.45) is 5.92 Å². The topological polar surface area (TPSA) is 53.7 Å². The molecule has 146 valence electrons. The Morgan fingerprint density at radius 1 is 1.07 bits per heavy atom. The number of nitrogens with zero attached hydrogens (tertiary/aromatic N) is 1. The minimum absolute atomic E-state index is 0.0139. The van der Waals surface area contributed by atoms with Gasteiger partial charge in [0.05, 0.1) is 11.9 Å². The SMILES string of the molecule is CC(C)C(=O)N1CCC(O)(Cc2ccc(-c3ccc4occc4c3)cc2)CC1. The van der Waals surface area contributed by atoms with E-state index in [1.54, 1.807) is 6.26 Å². The molecule has 1 fully saturated rings. The van der Waals surface area contributed by atoms with Crippen molar-refractivity contribution < 1.29 is 14.3 Å². The van der Waals surface area contributed by atoms with Gasteiger partial charge in [0.15, 0.2) is 0 Å². The molecule has 1 aliphatic heterocycles. The van der Waals surface area contributed by atoms with E-state index in [1.165, 1.54) is 0 Å². The lowest BCUT2D eigenvalue weighted by molar-refractivity contribution is -0.138. The molecule has 4 heteroatoms. The predicted octanol–water partition coefficient (Wildman–Crippen LogP) is 4.65. The van der Waals surface area contributed by atoms with Crippen LogP contribution in [0.25, 0.3) is 22.1 Å². The first-order valence-corrected chi connectivity index (χ1v) is 10.0. The van der Waals surface area contributed by atoms with Gasteiger partial charge in [0.1, 0.15) is 5.58 Å². The van der Waals surface area contributed by atoms with Crippen molar-refractivity contribution in [1.82, 2.24) is 4.90 Å². The summed E-state index contributed by atoms with van der Waals surface area (Å²) in [5.41, 5.74) is 3.59. The van der Waals surface area contributed by atoms with Crippen LogP contribution >= 0.6 is 0 Å². The van der Waals surface area contributed by atoms with Crippen molar-refractivity contribution in [3.05, 3.63) is 60.4 Å². The zero-order chi connectivity index (χ0) is 19.7. The molecule has 3 aromatic rings. The highest BCUT2D eigenvalue weighted by Crippen LogP contribution is 2.29. The van der Waals surface area contributed by atoms with Crippen LogP contribution in [-0.4, -0.2) is 34.6 Å². The maximum absolute atomic E-state index is 12.1. The first kappa shape index (κ1) is 18.8. The normalized spacial score (nSPS) is 16.6. The number of furan rings is 1. The maximum Gasteiger partial charge on any atom is 0.225 e. The number of rotatable bonds is 4. The Hall–Kier alpha value is -2.59. The van der Waals surface area contributed by atoms with E-state index in [0.29, 0.717) is 32.4 Å². The van der Waals surface area contributed by atoms with Crippen LogP contribution in [0.2, 0.25) is 0 Å². The Labute approximate surface area is 165 Å². The standard InChI is InChI=1S/C24H27NO3/c1-17(2)23(26)25-12-10-24(27,11-13-25)16-18-3-5-19(6-4-18)20-7-8-22-21(15-20)9-14-28-22/h3-9,14-15,17,27H,10-13,16H2,1-2H3. The third-order valence-corrected chi connectivity index (χ3v) is 5.77. The Balaban J connectivity index is 1.42. The van der Waals surface area contributed by atoms with Crippen molar-refractivity contribution in [2.75, 3.05) is 13.1 Å². The monoisotopic (exact) mass is 377 g/mol. The molecule has 1 amide bonds. The summed E-state index contributed by atoms with van der Waals surface area (Å²) < 4.78 is 5.41. The fraction of sp³-hybridized carbons (Fsp3) is 0.375. The van der Waals surface area contributed by atoms with Gasteiger partial charge in [-0.15, -0.1) is 0 Å². The molecule has 1 saturated heterocycles. The van der Waals surface area contributed by atoms with Crippen LogP contribution < -0.4 is 0 Å². The fourth-order valence-corrected chi connectivity index (χ4v) is 4.03. The smallest absolute Gasteiger partial charge is 0.225 e. The number of carbonyl (C=O) groups excluding carboxylic acids is 1.